The Hall–Kier alpha value is -2.44. The predicted octanol–water partition coefficient (Wildman–Crippen LogP) is 5.40. The van der Waals surface area contributed by atoms with Gasteiger partial charge in [-0.2, -0.15) is 0 Å². The molecule has 3 rings (SSSR count). The average Bonchev–Trinajstić information content (AvgIpc) is 2.66. The van der Waals surface area contributed by atoms with Crippen LogP contribution in [0.3, 0.4) is 0 Å². The van der Waals surface area contributed by atoms with Crippen molar-refractivity contribution in [2.45, 2.75) is 24.8 Å². The highest BCUT2D eigenvalue weighted by atomic mass is 35.5. The first-order valence-electron chi connectivity index (χ1n) is 8.13. The molecule has 1 aromatic heterocycles. The minimum Gasteiger partial charge on any atom is -0.421 e. The number of hydrogen-bond acceptors (Lipinski definition) is 5. The molecule has 7 heteroatoms. The van der Waals surface area contributed by atoms with Gasteiger partial charge in [-0.3, -0.25) is 0 Å². The zero-order valence-corrected chi connectivity index (χ0v) is 16.3. The fourth-order valence-electron chi connectivity index (χ4n) is 2.30. The molecule has 0 fully saturated rings. The molecular formula is C20H16ClFN2O2S. The normalized spacial score (nSPS) is 10.7. The molecule has 0 saturated carbocycles. The Morgan fingerprint density at radius 3 is 2.74 bits per heavy atom. The van der Waals surface area contributed by atoms with E-state index >= 15 is 0 Å². The summed E-state index contributed by atoms with van der Waals surface area (Å²) in [6.07, 6.45) is 1.35. The molecule has 0 N–H and O–H groups in total. The van der Waals surface area contributed by atoms with Crippen LogP contribution in [0.4, 0.5) is 4.39 Å². The first-order chi connectivity index (χ1) is 13.0. The molecule has 0 atom stereocenters. The van der Waals surface area contributed by atoms with E-state index in [2.05, 4.69) is 9.97 Å². The molecule has 0 spiro atoms. The maximum atomic E-state index is 13.7. The SMILES string of the molecule is Cc1cccc(OC(=O)c2nc(SCc3ccccc3F)ncc2Cl)c1C. The van der Waals surface area contributed by atoms with Crippen LogP contribution in [0.25, 0.3) is 0 Å². The number of nitrogens with zero attached hydrogens (tertiary/aromatic N) is 2. The first kappa shape index (κ1) is 19.3. The molecule has 0 unspecified atom stereocenters. The topological polar surface area (TPSA) is 52.1 Å². The number of carbonyl (C=O) groups is 1. The van der Waals surface area contributed by atoms with Crippen molar-refractivity contribution in [3.8, 4) is 5.75 Å². The summed E-state index contributed by atoms with van der Waals surface area (Å²) >= 11 is 7.29. The van der Waals surface area contributed by atoms with Gasteiger partial charge in [0.25, 0.3) is 0 Å². The molecule has 0 aliphatic carbocycles. The number of esters is 1. The van der Waals surface area contributed by atoms with Crippen LogP contribution in [0.2, 0.25) is 5.02 Å². The molecule has 3 aromatic rings. The van der Waals surface area contributed by atoms with Crippen LogP contribution in [0.1, 0.15) is 27.2 Å². The van der Waals surface area contributed by atoms with Crippen molar-refractivity contribution in [2.75, 3.05) is 0 Å². The summed E-state index contributed by atoms with van der Waals surface area (Å²) in [6.45, 7) is 3.80. The maximum absolute atomic E-state index is 13.7. The van der Waals surface area contributed by atoms with Gasteiger partial charge < -0.3 is 4.74 Å². The molecule has 27 heavy (non-hydrogen) atoms. The van der Waals surface area contributed by atoms with Crippen molar-refractivity contribution in [2.24, 2.45) is 0 Å². The van der Waals surface area contributed by atoms with Crippen LogP contribution in [0, 0.1) is 19.7 Å². The van der Waals surface area contributed by atoms with Gasteiger partial charge in [-0.05, 0) is 42.7 Å². The Balaban J connectivity index is 1.77. The summed E-state index contributed by atoms with van der Waals surface area (Å²) in [6, 6.07) is 11.9. The lowest BCUT2D eigenvalue weighted by Gasteiger charge is -2.10. The second kappa shape index (κ2) is 8.50. The van der Waals surface area contributed by atoms with Gasteiger partial charge in [0.1, 0.15) is 11.6 Å². The monoisotopic (exact) mass is 402 g/mol. The fraction of sp³-hybridized carbons (Fsp3) is 0.150. The van der Waals surface area contributed by atoms with Crippen LogP contribution in [-0.4, -0.2) is 15.9 Å². The lowest BCUT2D eigenvalue weighted by molar-refractivity contribution is 0.0726. The lowest BCUT2D eigenvalue weighted by atomic mass is 10.1. The number of aromatic nitrogens is 2. The molecule has 1 heterocycles. The van der Waals surface area contributed by atoms with Gasteiger partial charge in [0.15, 0.2) is 10.9 Å². The van der Waals surface area contributed by atoms with Gasteiger partial charge in [0.05, 0.1) is 11.2 Å². The number of hydrogen-bond donors (Lipinski definition) is 0. The lowest BCUT2D eigenvalue weighted by Crippen LogP contribution is -2.13. The van der Waals surface area contributed by atoms with Crippen LogP contribution >= 0.6 is 23.4 Å². The Morgan fingerprint density at radius 1 is 1.19 bits per heavy atom. The maximum Gasteiger partial charge on any atom is 0.364 e. The number of aryl methyl sites for hydroxylation is 1. The highest BCUT2D eigenvalue weighted by Gasteiger charge is 2.18. The highest BCUT2D eigenvalue weighted by Crippen LogP contribution is 2.25. The number of halogens is 2. The molecule has 0 radical (unpaired) electrons. The van der Waals surface area contributed by atoms with Crippen molar-refractivity contribution in [1.82, 2.24) is 9.97 Å². The van der Waals surface area contributed by atoms with E-state index < -0.39 is 5.97 Å². The highest BCUT2D eigenvalue weighted by molar-refractivity contribution is 7.98. The molecule has 0 aliphatic rings. The number of ether oxygens (including phenoxy) is 1. The van der Waals surface area contributed by atoms with Crippen LogP contribution in [0.5, 0.6) is 5.75 Å². The van der Waals surface area contributed by atoms with E-state index in [1.165, 1.54) is 24.0 Å². The van der Waals surface area contributed by atoms with Crippen molar-refractivity contribution >= 4 is 29.3 Å². The molecule has 4 nitrogen and oxygen atoms in total. The zero-order valence-electron chi connectivity index (χ0n) is 14.7. The van der Waals surface area contributed by atoms with Gasteiger partial charge in [-0.25, -0.2) is 19.2 Å². The average molecular weight is 403 g/mol. The quantitative estimate of drug-likeness (QED) is 0.247. The van der Waals surface area contributed by atoms with E-state index in [0.29, 0.717) is 22.2 Å². The van der Waals surface area contributed by atoms with E-state index in [1.807, 2.05) is 26.0 Å². The van der Waals surface area contributed by atoms with E-state index in [1.54, 1.807) is 24.3 Å². The molecule has 2 aromatic carbocycles. The second-order valence-electron chi connectivity index (χ2n) is 5.82. The number of benzene rings is 2. The standard InChI is InChI=1S/C20H16ClFN2O2S/c1-12-6-5-9-17(13(12)2)26-19(25)18-15(21)10-23-20(24-18)27-11-14-7-3-4-8-16(14)22/h3-10H,11H2,1-2H3. The first-order valence-corrected chi connectivity index (χ1v) is 9.49. The summed E-state index contributed by atoms with van der Waals surface area (Å²) in [5, 5.41) is 0.413. The van der Waals surface area contributed by atoms with Gasteiger partial charge in [-0.1, -0.05) is 53.7 Å². The van der Waals surface area contributed by atoms with Crippen LogP contribution in [0.15, 0.2) is 53.8 Å². The van der Waals surface area contributed by atoms with Crippen molar-refractivity contribution < 1.29 is 13.9 Å². The van der Waals surface area contributed by atoms with E-state index in [9.17, 15) is 9.18 Å². The second-order valence-corrected chi connectivity index (χ2v) is 7.17. The summed E-state index contributed by atoms with van der Waals surface area (Å²) in [5.74, 6) is -0.174. The minimum absolute atomic E-state index is 0.0244. The number of rotatable bonds is 5. The largest absolute Gasteiger partial charge is 0.421 e. The Bertz CT molecular complexity index is 997. The third kappa shape index (κ3) is 4.64. The third-order valence-electron chi connectivity index (χ3n) is 3.99. The molecule has 0 amide bonds. The zero-order chi connectivity index (χ0) is 19.4. The van der Waals surface area contributed by atoms with Gasteiger partial charge >= 0.3 is 5.97 Å². The Kier molecular flexibility index (Phi) is 6.08. The van der Waals surface area contributed by atoms with Crippen molar-refractivity contribution in [3.63, 3.8) is 0 Å². The van der Waals surface area contributed by atoms with Gasteiger partial charge in [0.2, 0.25) is 0 Å². The van der Waals surface area contributed by atoms with Gasteiger partial charge in [-0.15, -0.1) is 0 Å². The summed E-state index contributed by atoms with van der Waals surface area (Å²) in [7, 11) is 0. The summed E-state index contributed by atoms with van der Waals surface area (Å²) in [5.41, 5.74) is 2.38. The molecule has 0 bridgehead atoms. The molecule has 0 aliphatic heterocycles. The molecule has 138 valence electrons. The summed E-state index contributed by atoms with van der Waals surface area (Å²) < 4.78 is 19.2. The Morgan fingerprint density at radius 2 is 1.96 bits per heavy atom. The fourth-order valence-corrected chi connectivity index (χ4v) is 3.27. The molecule has 0 saturated heterocycles. The van der Waals surface area contributed by atoms with Crippen LogP contribution < -0.4 is 4.74 Å². The minimum atomic E-state index is -0.663. The van der Waals surface area contributed by atoms with Crippen molar-refractivity contribution in [3.05, 3.63) is 81.9 Å². The van der Waals surface area contributed by atoms with Crippen molar-refractivity contribution in [1.29, 1.82) is 0 Å². The third-order valence-corrected chi connectivity index (χ3v) is 5.17. The van der Waals surface area contributed by atoms with E-state index in [-0.39, 0.29) is 16.5 Å². The predicted molar refractivity (Wildman–Crippen MR) is 104 cm³/mol. The van der Waals surface area contributed by atoms with Gasteiger partial charge in [0, 0.05) is 5.75 Å². The van der Waals surface area contributed by atoms with Crippen LogP contribution in [-0.2, 0) is 5.75 Å². The summed E-state index contributed by atoms with van der Waals surface area (Å²) in [4.78, 5) is 20.8. The number of thioether (sulfide) groups is 1. The smallest absolute Gasteiger partial charge is 0.364 e. The van der Waals surface area contributed by atoms with E-state index in [0.717, 1.165) is 11.1 Å². The molecular weight excluding hydrogens is 387 g/mol. The van der Waals surface area contributed by atoms with E-state index in [4.69, 9.17) is 16.3 Å². The Labute approximate surface area is 165 Å². The number of carbonyl (C=O) groups excluding carboxylic acids is 1.